The molecule has 0 saturated carbocycles. The molecule has 1 aromatic rings. The molecule has 3 N–H and O–H groups in total. The third-order valence-electron chi connectivity index (χ3n) is 2.09. The van der Waals surface area contributed by atoms with Gasteiger partial charge in [0.25, 0.3) is 6.43 Å². The molecule has 16 heavy (non-hydrogen) atoms. The summed E-state index contributed by atoms with van der Waals surface area (Å²) in [5, 5.41) is 3.24. The maximum atomic E-state index is 12.1. The van der Waals surface area contributed by atoms with E-state index in [0.717, 1.165) is 10.0 Å². The molecule has 1 unspecified atom stereocenters. The molecule has 0 radical (unpaired) electrons. The first-order chi connectivity index (χ1) is 7.54. The number of alkyl halides is 2. The second kappa shape index (κ2) is 6.49. The van der Waals surface area contributed by atoms with Gasteiger partial charge in [-0.3, -0.25) is 0 Å². The van der Waals surface area contributed by atoms with E-state index in [2.05, 4.69) is 21.2 Å². The zero-order valence-corrected chi connectivity index (χ0v) is 10.7. The Morgan fingerprint density at radius 3 is 2.69 bits per heavy atom. The Kier molecular flexibility index (Phi) is 5.61. The Labute approximate surface area is 106 Å². The molecule has 2 nitrogen and oxygen atoms in total. The predicted octanol–water partition coefficient (Wildman–Crippen LogP) is 2.96. The van der Waals surface area contributed by atoms with Gasteiger partial charge < -0.3 is 11.1 Å². The summed E-state index contributed by atoms with van der Waals surface area (Å²) >= 11 is 9.18. The molecule has 0 aliphatic rings. The number of hydrogen-bond donors (Lipinski definition) is 2. The van der Waals surface area contributed by atoms with Gasteiger partial charge in [-0.1, -0.05) is 27.5 Å². The Morgan fingerprint density at radius 2 is 2.12 bits per heavy atom. The van der Waals surface area contributed by atoms with Gasteiger partial charge in [0, 0.05) is 22.1 Å². The third kappa shape index (κ3) is 3.97. The number of nitrogens with one attached hydrogen (secondary N) is 1. The van der Waals surface area contributed by atoms with E-state index in [-0.39, 0.29) is 19.1 Å². The minimum absolute atomic E-state index is 0.228. The molecule has 0 aliphatic carbocycles. The summed E-state index contributed by atoms with van der Waals surface area (Å²) < 4.78 is 25.0. The molecule has 0 amide bonds. The van der Waals surface area contributed by atoms with Crippen LogP contribution in [0.2, 0.25) is 5.02 Å². The Morgan fingerprint density at radius 1 is 1.44 bits per heavy atom. The van der Waals surface area contributed by atoms with Crippen LogP contribution in [0.5, 0.6) is 0 Å². The third-order valence-corrected chi connectivity index (χ3v) is 3.04. The van der Waals surface area contributed by atoms with Crippen molar-refractivity contribution in [3.8, 4) is 0 Å². The molecule has 90 valence electrons. The van der Waals surface area contributed by atoms with Crippen molar-refractivity contribution >= 4 is 27.5 Å². The number of rotatable bonds is 5. The fourth-order valence-electron chi connectivity index (χ4n) is 1.33. The monoisotopic (exact) mass is 312 g/mol. The number of nitrogens with two attached hydrogens (primary N) is 1. The highest BCUT2D eigenvalue weighted by molar-refractivity contribution is 9.10. The highest BCUT2D eigenvalue weighted by atomic mass is 79.9. The van der Waals surface area contributed by atoms with E-state index in [1.165, 1.54) is 0 Å². The van der Waals surface area contributed by atoms with Gasteiger partial charge >= 0.3 is 0 Å². The van der Waals surface area contributed by atoms with E-state index in [0.29, 0.717) is 5.02 Å². The lowest BCUT2D eigenvalue weighted by molar-refractivity contribution is 0.141. The van der Waals surface area contributed by atoms with Crippen molar-refractivity contribution in [2.75, 3.05) is 13.1 Å². The molecular formula is C10H12BrClF2N2. The van der Waals surface area contributed by atoms with E-state index in [1.54, 1.807) is 18.2 Å². The van der Waals surface area contributed by atoms with Crippen molar-refractivity contribution in [2.45, 2.75) is 12.5 Å². The van der Waals surface area contributed by atoms with E-state index in [4.69, 9.17) is 17.3 Å². The molecule has 0 heterocycles. The summed E-state index contributed by atoms with van der Waals surface area (Å²) in [5.41, 5.74) is 6.33. The Balaban J connectivity index is 2.81. The number of hydrogen-bond acceptors (Lipinski definition) is 2. The van der Waals surface area contributed by atoms with Crippen molar-refractivity contribution < 1.29 is 8.78 Å². The number of halogens is 4. The Bertz CT molecular complexity index is 350. The maximum Gasteiger partial charge on any atom is 0.250 e. The van der Waals surface area contributed by atoms with Gasteiger partial charge in [0.1, 0.15) is 0 Å². The second-order valence-electron chi connectivity index (χ2n) is 3.25. The van der Waals surface area contributed by atoms with Crippen molar-refractivity contribution in [1.29, 1.82) is 0 Å². The summed E-state index contributed by atoms with van der Waals surface area (Å²) in [7, 11) is 0. The van der Waals surface area contributed by atoms with Gasteiger partial charge in [0.05, 0.1) is 6.54 Å². The Hall–Kier alpha value is -0.230. The molecule has 0 bridgehead atoms. The van der Waals surface area contributed by atoms with E-state index >= 15 is 0 Å². The van der Waals surface area contributed by atoms with Crippen LogP contribution in [-0.2, 0) is 0 Å². The van der Waals surface area contributed by atoms with Crippen molar-refractivity contribution in [1.82, 2.24) is 5.32 Å². The van der Waals surface area contributed by atoms with Crippen LogP contribution in [0.1, 0.15) is 11.6 Å². The van der Waals surface area contributed by atoms with Crippen LogP contribution in [0.15, 0.2) is 22.7 Å². The van der Waals surface area contributed by atoms with Crippen LogP contribution in [0.25, 0.3) is 0 Å². The first-order valence-electron chi connectivity index (χ1n) is 4.71. The van der Waals surface area contributed by atoms with E-state index in [1.807, 2.05) is 0 Å². The fourth-order valence-corrected chi connectivity index (χ4v) is 2.04. The van der Waals surface area contributed by atoms with E-state index in [9.17, 15) is 8.78 Å². The predicted molar refractivity (Wildman–Crippen MR) is 65.0 cm³/mol. The van der Waals surface area contributed by atoms with Crippen LogP contribution in [0.3, 0.4) is 0 Å². The highest BCUT2D eigenvalue weighted by Gasteiger charge is 2.14. The van der Waals surface area contributed by atoms with Gasteiger partial charge in [-0.15, -0.1) is 0 Å². The molecule has 1 aromatic carbocycles. The highest BCUT2D eigenvalue weighted by Crippen LogP contribution is 2.26. The average Bonchev–Trinajstić information content (AvgIpc) is 2.23. The second-order valence-corrected chi connectivity index (χ2v) is 4.54. The van der Waals surface area contributed by atoms with Crippen LogP contribution in [0, 0.1) is 0 Å². The molecule has 1 rings (SSSR count). The number of benzene rings is 1. The van der Waals surface area contributed by atoms with Crippen molar-refractivity contribution in [3.05, 3.63) is 33.3 Å². The van der Waals surface area contributed by atoms with Crippen molar-refractivity contribution in [2.24, 2.45) is 5.73 Å². The van der Waals surface area contributed by atoms with Gasteiger partial charge in [-0.25, -0.2) is 8.78 Å². The molecule has 0 aromatic heterocycles. The largest absolute Gasteiger partial charge is 0.329 e. The van der Waals surface area contributed by atoms with Gasteiger partial charge in [-0.05, 0) is 23.8 Å². The molecule has 0 fully saturated rings. The molecule has 0 aliphatic heterocycles. The molecule has 0 spiro atoms. The van der Waals surface area contributed by atoms with Gasteiger partial charge in [0.15, 0.2) is 0 Å². The van der Waals surface area contributed by atoms with Crippen LogP contribution < -0.4 is 11.1 Å². The standard InChI is InChI=1S/C10H12BrClF2N2/c11-8-2-1-6(12)3-7(8)9(4-15)16-5-10(13)14/h1-3,9-10,16H,4-5,15H2. The smallest absolute Gasteiger partial charge is 0.250 e. The zero-order chi connectivity index (χ0) is 12.1. The van der Waals surface area contributed by atoms with Gasteiger partial charge in [-0.2, -0.15) is 0 Å². The van der Waals surface area contributed by atoms with Crippen LogP contribution >= 0.6 is 27.5 Å². The molecule has 6 heteroatoms. The lowest BCUT2D eigenvalue weighted by Crippen LogP contribution is -2.32. The first-order valence-corrected chi connectivity index (χ1v) is 5.88. The maximum absolute atomic E-state index is 12.1. The normalized spacial score (nSPS) is 13.1. The summed E-state index contributed by atoms with van der Waals surface area (Å²) in [5.74, 6) is 0. The summed E-state index contributed by atoms with van der Waals surface area (Å²) in [6, 6.07) is 4.86. The fraction of sp³-hybridized carbons (Fsp3) is 0.400. The quantitative estimate of drug-likeness (QED) is 0.877. The first kappa shape index (κ1) is 13.8. The lowest BCUT2D eigenvalue weighted by Gasteiger charge is -2.18. The summed E-state index contributed by atoms with van der Waals surface area (Å²) in [6.07, 6.45) is -2.40. The minimum Gasteiger partial charge on any atom is -0.329 e. The van der Waals surface area contributed by atoms with Gasteiger partial charge in [0.2, 0.25) is 0 Å². The van der Waals surface area contributed by atoms with Crippen molar-refractivity contribution in [3.63, 3.8) is 0 Å². The molecule has 1 atom stereocenters. The molecule has 0 saturated heterocycles. The lowest BCUT2D eigenvalue weighted by atomic mass is 10.1. The van der Waals surface area contributed by atoms with E-state index < -0.39 is 6.43 Å². The summed E-state index contributed by atoms with van der Waals surface area (Å²) in [4.78, 5) is 0. The summed E-state index contributed by atoms with van der Waals surface area (Å²) in [6.45, 7) is -0.160. The average molecular weight is 314 g/mol. The minimum atomic E-state index is -2.40. The van der Waals surface area contributed by atoms with Crippen LogP contribution in [-0.4, -0.2) is 19.5 Å². The van der Waals surface area contributed by atoms with Crippen LogP contribution in [0.4, 0.5) is 8.78 Å². The molecular weight excluding hydrogens is 301 g/mol. The SMILES string of the molecule is NCC(NCC(F)F)c1cc(Cl)ccc1Br. The topological polar surface area (TPSA) is 38.0 Å². The zero-order valence-electron chi connectivity index (χ0n) is 8.39.